The fourth-order valence-electron chi connectivity index (χ4n) is 1.35. The lowest BCUT2D eigenvalue weighted by molar-refractivity contribution is 0.443. The fraction of sp³-hybridized carbons (Fsp3) is 0.818. The van der Waals surface area contributed by atoms with Gasteiger partial charge in [-0.05, 0) is 24.0 Å². The lowest BCUT2D eigenvalue weighted by Gasteiger charge is -2.20. The second-order valence-corrected chi connectivity index (χ2v) is 6.07. The van der Waals surface area contributed by atoms with E-state index in [9.17, 15) is 0 Å². The van der Waals surface area contributed by atoms with E-state index in [1.807, 2.05) is 11.8 Å². The van der Waals surface area contributed by atoms with Gasteiger partial charge in [0.05, 0.1) is 0 Å². The standard InChI is InChI=1S/C11H21N3S2/c1-5-10-13-11(16-14-10)15-7-9(8(3)4)12-6-2/h8-9,12H,5-7H2,1-4H3. The van der Waals surface area contributed by atoms with Crippen LogP contribution in [0.3, 0.4) is 0 Å². The molecule has 0 bridgehead atoms. The molecular formula is C11H21N3S2. The molecule has 1 rings (SSSR count). The SMILES string of the molecule is CCNC(CSc1nc(CC)ns1)C(C)C. The van der Waals surface area contributed by atoms with Crippen molar-refractivity contribution >= 4 is 23.3 Å². The van der Waals surface area contributed by atoms with Crippen LogP contribution < -0.4 is 5.32 Å². The molecule has 0 aliphatic rings. The average Bonchev–Trinajstić information content (AvgIpc) is 2.71. The monoisotopic (exact) mass is 259 g/mol. The molecule has 0 aromatic carbocycles. The van der Waals surface area contributed by atoms with Gasteiger partial charge in [0.2, 0.25) is 0 Å². The van der Waals surface area contributed by atoms with Crippen LogP contribution in [0.25, 0.3) is 0 Å². The first-order valence-corrected chi connectivity index (χ1v) is 7.62. The summed E-state index contributed by atoms with van der Waals surface area (Å²) >= 11 is 3.34. The Morgan fingerprint density at radius 2 is 2.12 bits per heavy atom. The van der Waals surface area contributed by atoms with E-state index >= 15 is 0 Å². The van der Waals surface area contributed by atoms with Crippen LogP contribution in [0.5, 0.6) is 0 Å². The van der Waals surface area contributed by atoms with Crippen molar-refractivity contribution in [2.24, 2.45) is 5.92 Å². The van der Waals surface area contributed by atoms with Crippen LogP contribution in [0.1, 0.15) is 33.5 Å². The van der Waals surface area contributed by atoms with Crippen LogP contribution in [-0.4, -0.2) is 27.7 Å². The van der Waals surface area contributed by atoms with Gasteiger partial charge in [0.25, 0.3) is 0 Å². The van der Waals surface area contributed by atoms with E-state index in [-0.39, 0.29) is 0 Å². The number of thioether (sulfide) groups is 1. The van der Waals surface area contributed by atoms with Crippen LogP contribution in [0, 0.1) is 5.92 Å². The molecular weight excluding hydrogens is 238 g/mol. The molecule has 3 nitrogen and oxygen atoms in total. The van der Waals surface area contributed by atoms with E-state index in [2.05, 4.69) is 42.4 Å². The highest BCUT2D eigenvalue weighted by Crippen LogP contribution is 2.22. The second kappa shape index (κ2) is 7.25. The van der Waals surface area contributed by atoms with Gasteiger partial charge in [-0.25, -0.2) is 4.98 Å². The first-order chi connectivity index (χ1) is 7.67. The molecule has 0 fully saturated rings. The van der Waals surface area contributed by atoms with E-state index < -0.39 is 0 Å². The van der Waals surface area contributed by atoms with Gasteiger partial charge in [-0.1, -0.05) is 39.5 Å². The van der Waals surface area contributed by atoms with Crippen molar-refractivity contribution in [2.75, 3.05) is 12.3 Å². The zero-order valence-corrected chi connectivity index (χ0v) is 12.1. The molecule has 0 aliphatic heterocycles. The Kier molecular flexibility index (Phi) is 6.31. The first-order valence-electron chi connectivity index (χ1n) is 5.86. The van der Waals surface area contributed by atoms with Gasteiger partial charge in [0.15, 0.2) is 4.34 Å². The Morgan fingerprint density at radius 1 is 1.38 bits per heavy atom. The lowest BCUT2D eigenvalue weighted by Crippen LogP contribution is -2.35. The Hall–Kier alpha value is -0.130. The summed E-state index contributed by atoms with van der Waals surface area (Å²) in [7, 11) is 0. The zero-order valence-electron chi connectivity index (χ0n) is 10.5. The van der Waals surface area contributed by atoms with Gasteiger partial charge in [-0.15, -0.1) is 0 Å². The zero-order chi connectivity index (χ0) is 12.0. The van der Waals surface area contributed by atoms with Crippen LogP contribution in [0.4, 0.5) is 0 Å². The molecule has 1 atom stereocenters. The molecule has 1 heterocycles. The van der Waals surface area contributed by atoms with Gasteiger partial charge in [-0.2, -0.15) is 4.37 Å². The fourth-order valence-corrected chi connectivity index (χ4v) is 3.37. The van der Waals surface area contributed by atoms with Crippen LogP contribution in [0.2, 0.25) is 0 Å². The van der Waals surface area contributed by atoms with E-state index in [0.29, 0.717) is 12.0 Å². The molecule has 0 aliphatic carbocycles. The molecule has 0 saturated carbocycles. The third-order valence-corrected chi connectivity index (χ3v) is 4.41. The molecule has 0 spiro atoms. The summed E-state index contributed by atoms with van der Waals surface area (Å²) < 4.78 is 5.39. The average molecular weight is 259 g/mol. The smallest absolute Gasteiger partial charge is 0.170 e. The largest absolute Gasteiger partial charge is 0.313 e. The number of hydrogen-bond donors (Lipinski definition) is 1. The normalized spacial score (nSPS) is 13.3. The number of aryl methyl sites for hydroxylation is 1. The first kappa shape index (κ1) is 13.9. The van der Waals surface area contributed by atoms with Crippen molar-refractivity contribution in [3.63, 3.8) is 0 Å². The summed E-state index contributed by atoms with van der Waals surface area (Å²) in [6, 6.07) is 0.559. The maximum atomic E-state index is 4.46. The predicted octanol–water partition coefficient (Wildman–Crippen LogP) is 2.83. The summed E-state index contributed by atoms with van der Waals surface area (Å²) in [4.78, 5) is 4.46. The summed E-state index contributed by atoms with van der Waals surface area (Å²) in [5, 5.41) is 3.51. The maximum absolute atomic E-state index is 4.46. The third kappa shape index (κ3) is 4.39. The third-order valence-electron chi connectivity index (χ3n) is 2.42. The van der Waals surface area contributed by atoms with Gasteiger partial charge in [0.1, 0.15) is 5.82 Å². The van der Waals surface area contributed by atoms with Crippen molar-refractivity contribution in [3.05, 3.63) is 5.82 Å². The Labute approximate surface area is 107 Å². The molecule has 1 N–H and O–H groups in total. The van der Waals surface area contributed by atoms with E-state index in [0.717, 1.165) is 28.9 Å². The highest BCUT2D eigenvalue weighted by molar-refractivity contribution is 8.00. The molecule has 16 heavy (non-hydrogen) atoms. The quantitative estimate of drug-likeness (QED) is 0.764. The molecule has 1 aromatic heterocycles. The predicted molar refractivity (Wildman–Crippen MR) is 72.3 cm³/mol. The second-order valence-electron chi connectivity index (χ2n) is 4.05. The lowest BCUT2D eigenvalue weighted by atomic mass is 10.1. The topological polar surface area (TPSA) is 37.8 Å². The summed E-state index contributed by atoms with van der Waals surface area (Å²) in [6.07, 6.45) is 0.928. The van der Waals surface area contributed by atoms with Crippen LogP contribution >= 0.6 is 23.3 Å². The Balaban J connectivity index is 2.42. The van der Waals surface area contributed by atoms with Crippen molar-refractivity contribution in [2.45, 2.75) is 44.5 Å². The molecule has 0 saturated heterocycles. The number of nitrogens with one attached hydrogen (secondary N) is 1. The molecule has 1 aromatic rings. The molecule has 5 heteroatoms. The van der Waals surface area contributed by atoms with E-state index in [1.165, 1.54) is 11.5 Å². The highest BCUT2D eigenvalue weighted by Gasteiger charge is 2.13. The van der Waals surface area contributed by atoms with Gasteiger partial charge in [-0.3, -0.25) is 0 Å². The van der Waals surface area contributed by atoms with Crippen LogP contribution in [-0.2, 0) is 6.42 Å². The maximum Gasteiger partial charge on any atom is 0.170 e. The van der Waals surface area contributed by atoms with E-state index in [4.69, 9.17) is 0 Å². The van der Waals surface area contributed by atoms with Gasteiger partial charge < -0.3 is 5.32 Å². The van der Waals surface area contributed by atoms with Gasteiger partial charge in [0, 0.05) is 18.2 Å². The summed E-state index contributed by atoms with van der Waals surface area (Å²) in [5.74, 6) is 2.70. The minimum absolute atomic E-state index is 0.559. The highest BCUT2D eigenvalue weighted by atomic mass is 32.2. The van der Waals surface area contributed by atoms with Crippen molar-refractivity contribution in [1.82, 2.24) is 14.7 Å². The van der Waals surface area contributed by atoms with Crippen molar-refractivity contribution in [1.29, 1.82) is 0 Å². The molecule has 1 unspecified atom stereocenters. The van der Waals surface area contributed by atoms with Crippen LogP contribution in [0.15, 0.2) is 4.34 Å². The molecule has 0 radical (unpaired) electrons. The van der Waals surface area contributed by atoms with Crippen molar-refractivity contribution < 1.29 is 0 Å². The Bertz CT molecular complexity index is 299. The van der Waals surface area contributed by atoms with Gasteiger partial charge >= 0.3 is 0 Å². The number of rotatable bonds is 7. The summed E-state index contributed by atoms with van der Waals surface area (Å²) in [6.45, 7) is 9.78. The minimum Gasteiger partial charge on any atom is -0.313 e. The number of hydrogen-bond acceptors (Lipinski definition) is 5. The number of nitrogens with zero attached hydrogens (tertiary/aromatic N) is 2. The minimum atomic E-state index is 0.559. The van der Waals surface area contributed by atoms with Crippen molar-refractivity contribution in [3.8, 4) is 0 Å². The number of aromatic nitrogens is 2. The summed E-state index contributed by atoms with van der Waals surface area (Å²) in [5.41, 5.74) is 0. The molecule has 92 valence electrons. The van der Waals surface area contributed by atoms with E-state index in [1.54, 1.807) is 0 Å². The Morgan fingerprint density at radius 3 is 2.62 bits per heavy atom. The molecule has 0 amide bonds.